The van der Waals surface area contributed by atoms with Crippen molar-refractivity contribution < 1.29 is 22.2 Å². The first kappa shape index (κ1) is 8.32. The standard InChI is InChI=1S/CH4O4Si.Ca.2H/c2-1(5-6)3-4-1;;;/h2H,6H3;;;/q;+2;2*-1. The quantitative estimate of drug-likeness (QED) is 0.197. The molecule has 0 aliphatic carbocycles. The van der Waals surface area contributed by atoms with Crippen molar-refractivity contribution in [2.24, 2.45) is 0 Å². The summed E-state index contributed by atoms with van der Waals surface area (Å²) in [4.78, 5) is 7.83. The van der Waals surface area contributed by atoms with Gasteiger partial charge in [0.2, 0.25) is 0 Å². The monoisotopic (exact) mass is 150 g/mol. The minimum atomic E-state index is -1.65. The van der Waals surface area contributed by atoms with Gasteiger partial charge in [0, 0.05) is 0 Å². The van der Waals surface area contributed by atoms with E-state index in [0.29, 0.717) is 10.5 Å². The molecule has 0 amide bonds. The van der Waals surface area contributed by atoms with Crippen molar-refractivity contribution in [1.29, 1.82) is 0 Å². The molecule has 6 heteroatoms. The van der Waals surface area contributed by atoms with Gasteiger partial charge in [-0.3, -0.25) is 0 Å². The third kappa shape index (κ3) is 2.38. The molecule has 0 aromatic heterocycles. The Kier molecular flexibility index (Phi) is 3.26. The molecule has 1 heterocycles. The molecule has 1 aliphatic heterocycles. The van der Waals surface area contributed by atoms with Crippen LogP contribution in [0.15, 0.2) is 0 Å². The first-order valence-electron chi connectivity index (χ1n) is 1.41. The van der Waals surface area contributed by atoms with Gasteiger partial charge in [0.25, 0.3) is 0 Å². The van der Waals surface area contributed by atoms with Crippen molar-refractivity contribution >= 4 is 48.2 Å². The molecule has 1 fully saturated rings. The molecule has 1 N–H and O–H groups in total. The second-order valence-corrected chi connectivity index (χ2v) is 1.30. The van der Waals surface area contributed by atoms with E-state index in [1.807, 2.05) is 0 Å². The number of hydrogen-bond acceptors (Lipinski definition) is 4. The maximum atomic E-state index is 8.31. The van der Waals surface area contributed by atoms with E-state index in [-0.39, 0.29) is 40.6 Å². The topological polar surface area (TPSA) is 54.5 Å². The fourth-order valence-corrected chi connectivity index (χ4v) is 0.240. The van der Waals surface area contributed by atoms with Gasteiger partial charge in [-0.1, -0.05) is 0 Å². The van der Waals surface area contributed by atoms with Gasteiger partial charge in [-0.25, -0.2) is 0 Å². The molecule has 7 heavy (non-hydrogen) atoms. The average Bonchev–Trinajstić information content (AvgIpc) is 2.22. The van der Waals surface area contributed by atoms with Gasteiger partial charge < -0.3 is 12.4 Å². The van der Waals surface area contributed by atoms with Crippen molar-refractivity contribution in [3.63, 3.8) is 0 Å². The summed E-state index contributed by atoms with van der Waals surface area (Å²) in [6.45, 7) is 0. The summed E-state index contributed by atoms with van der Waals surface area (Å²) in [5, 5.41) is 8.31. The summed E-state index contributed by atoms with van der Waals surface area (Å²) >= 11 is 0. The van der Waals surface area contributed by atoms with Crippen molar-refractivity contribution in [3.05, 3.63) is 0 Å². The van der Waals surface area contributed by atoms with Crippen LogP contribution in [0, 0.1) is 0 Å². The zero-order chi connectivity index (χ0) is 4.62. The van der Waals surface area contributed by atoms with Gasteiger partial charge in [-0.05, 0) is 0 Å². The molecule has 0 unspecified atom stereocenters. The van der Waals surface area contributed by atoms with E-state index in [9.17, 15) is 0 Å². The Hall–Kier alpha value is 1.32. The van der Waals surface area contributed by atoms with Gasteiger partial charge in [0.15, 0.2) is 10.5 Å². The third-order valence-electron chi connectivity index (χ3n) is 0.484. The maximum absolute atomic E-state index is 8.31. The molecule has 0 bridgehead atoms. The van der Waals surface area contributed by atoms with Crippen LogP contribution < -0.4 is 0 Å². The Balaban J connectivity index is -0.000000120. The molecular formula is CH6CaO4Si. The molecule has 4 nitrogen and oxygen atoms in total. The van der Waals surface area contributed by atoms with E-state index in [2.05, 4.69) is 14.2 Å². The van der Waals surface area contributed by atoms with Crippen LogP contribution in [0.3, 0.4) is 0 Å². The van der Waals surface area contributed by atoms with Crippen molar-refractivity contribution in [2.75, 3.05) is 0 Å². The van der Waals surface area contributed by atoms with Crippen molar-refractivity contribution in [2.45, 2.75) is 6.16 Å². The van der Waals surface area contributed by atoms with Crippen LogP contribution in [0.1, 0.15) is 2.85 Å². The fraction of sp³-hybridized carbons (Fsp3) is 1.00. The minimum absolute atomic E-state index is 0. The first-order chi connectivity index (χ1) is 2.77. The molecule has 0 aromatic carbocycles. The Labute approximate surface area is 76.2 Å². The molecule has 0 aromatic rings. The van der Waals surface area contributed by atoms with Gasteiger partial charge in [-0.15, -0.1) is 9.78 Å². The summed E-state index contributed by atoms with van der Waals surface area (Å²) in [6.07, 6.45) is -1.65. The van der Waals surface area contributed by atoms with E-state index in [1.165, 1.54) is 0 Å². The minimum Gasteiger partial charge on any atom is -1.00 e. The van der Waals surface area contributed by atoms with Gasteiger partial charge in [0.05, 0.1) is 0 Å². The van der Waals surface area contributed by atoms with Crippen LogP contribution in [0.2, 0.25) is 0 Å². The summed E-state index contributed by atoms with van der Waals surface area (Å²) in [5.74, 6) is 0. The zero-order valence-corrected chi connectivity index (χ0v) is 8.09. The molecular weight excluding hydrogens is 144 g/mol. The molecule has 40 valence electrons. The van der Waals surface area contributed by atoms with Gasteiger partial charge >= 0.3 is 43.9 Å². The smallest absolute Gasteiger partial charge is 1.00 e. The van der Waals surface area contributed by atoms with E-state index in [0.717, 1.165) is 0 Å². The molecule has 0 spiro atoms. The van der Waals surface area contributed by atoms with Crippen molar-refractivity contribution in [1.82, 2.24) is 0 Å². The van der Waals surface area contributed by atoms with Crippen LogP contribution in [0.5, 0.6) is 0 Å². The van der Waals surface area contributed by atoms with Gasteiger partial charge in [0.1, 0.15) is 0 Å². The third-order valence-corrected chi connectivity index (χ3v) is 1.000. The van der Waals surface area contributed by atoms with Crippen molar-refractivity contribution in [3.8, 4) is 0 Å². The van der Waals surface area contributed by atoms with E-state index in [4.69, 9.17) is 5.11 Å². The second kappa shape index (κ2) is 2.74. The summed E-state index contributed by atoms with van der Waals surface area (Å²) in [6, 6.07) is 0. The summed E-state index contributed by atoms with van der Waals surface area (Å²) in [7, 11) is 0.410. The van der Waals surface area contributed by atoms with E-state index >= 15 is 0 Å². The predicted octanol–water partition coefficient (Wildman–Crippen LogP) is -2.31. The van der Waals surface area contributed by atoms with E-state index < -0.39 is 6.16 Å². The number of rotatable bonds is 1. The van der Waals surface area contributed by atoms with Crippen LogP contribution in [-0.4, -0.2) is 59.5 Å². The maximum Gasteiger partial charge on any atom is 2.00 e. The molecule has 0 radical (unpaired) electrons. The normalized spacial score (nSPS) is 23.6. The summed E-state index contributed by atoms with van der Waals surface area (Å²) < 4.78 is 4.30. The van der Waals surface area contributed by atoms with Gasteiger partial charge in [-0.2, -0.15) is 0 Å². The predicted molar refractivity (Wildman–Crippen MR) is 26.1 cm³/mol. The summed E-state index contributed by atoms with van der Waals surface area (Å²) in [5.41, 5.74) is 0. The van der Waals surface area contributed by atoms with Crippen LogP contribution in [0.25, 0.3) is 0 Å². The molecule has 1 aliphatic rings. The SMILES string of the molecule is OC1(O[SiH3])OO1.[Ca+2].[H-].[H-]. The Morgan fingerprint density at radius 2 is 2.14 bits per heavy atom. The Bertz CT molecular complexity index is 69.6. The van der Waals surface area contributed by atoms with E-state index in [1.54, 1.807) is 0 Å². The van der Waals surface area contributed by atoms with Crippen LogP contribution in [-0.2, 0) is 14.2 Å². The largest absolute Gasteiger partial charge is 2.00 e. The molecule has 1 rings (SSSR count). The molecule has 0 atom stereocenters. The Morgan fingerprint density at radius 3 is 2.14 bits per heavy atom. The Morgan fingerprint density at radius 1 is 1.71 bits per heavy atom. The molecule has 0 saturated carbocycles. The fourth-order valence-electron chi connectivity index (χ4n) is 0.104. The van der Waals surface area contributed by atoms with Crippen LogP contribution in [0.4, 0.5) is 0 Å². The second-order valence-electron chi connectivity index (χ2n) is 0.895. The number of aliphatic hydroxyl groups is 1. The number of hydrogen-bond donors (Lipinski definition) is 1. The molecule has 1 saturated heterocycles. The van der Waals surface area contributed by atoms with Crippen LogP contribution >= 0.6 is 0 Å². The first-order valence-corrected chi connectivity index (χ1v) is 2.23. The zero-order valence-electron chi connectivity index (χ0n) is 5.88. The average molecular weight is 150 g/mol.